The van der Waals surface area contributed by atoms with Crippen LogP contribution in [0.5, 0.6) is 5.75 Å². The summed E-state index contributed by atoms with van der Waals surface area (Å²) in [5.74, 6) is -1.33. The minimum absolute atomic E-state index is 0.151. The summed E-state index contributed by atoms with van der Waals surface area (Å²) in [4.78, 5) is 11.0. The quantitative estimate of drug-likeness (QED) is 0.530. The summed E-state index contributed by atoms with van der Waals surface area (Å²) in [6.45, 7) is 0. The molecule has 1 atom stereocenters. The molecular weight excluding hydrogens is 190 g/mol. The second kappa shape index (κ2) is 3.68. The van der Waals surface area contributed by atoms with Crippen molar-refractivity contribution >= 4 is 18.6 Å². The van der Waals surface area contributed by atoms with Crippen LogP contribution in [-0.4, -0.2) is 16.2 Å². The monoisotopic (exact) mass is 199 g/mol. The first-order valence-corrected chi connectivity index (χ1v) is 3.97. The number of aliphatic carboxylic acids is 1. The minimum Gasteiger partial charge on any atom is -0.508 e. The zero-order chi connectivity index (χ0) is 10.0. The number of thiol groups is 1. The molecule has 0 radical (unpaired) electrons. The third-order valence-electron chi connectivity index (χ3n) is 1.62. The molecule has 4 N–H and O–H groups in total. The number of carbonyl (C=O) groups is 1. The van der Waals surface area contributed by atoms with E-state index in [1.54, 1.807) is 6.07 Å². The fraction of sp³-hybridized carbons (Fsp3) is 0.125. The topological polar surface area (TPSA) is 83.6 Å². The van der Waals surface area contributed by atoms with Gasteiger partial charge >= 0.3 is 5.97 Å². The van der Waals surface area contributed by atoms with E-state index in [9.17, 15) is 9.90 Å². The van der Waals surface area contributed by atoms with Crippen molar-refractivity contribution in [1.29, 1.82) is 0 Å². The highest BCUT2D eigenvalue weighted by atomic mass is 32.1. The zero-order valence-corrected chi connectivity index (χ0v) is 7.53. The van der Waals surface area contributed by atoms with E-state index >= 15 is 0 Å². The molecule has 0 saturated heterocycles. The Morgan fingerprint density at radius 2 is 2.15 bits per heavy atom. The van der Waals surface area contributed by atoms with Crippen LogP contribution < -0.4 is 5.73 Å². The molecule has 0 fully saturated rings. The van der Waals surface area contributed by atoms with E-state index in [0.29, 0.717) is 4.90 Å². The van der Waals surface area contributed by atoms with Crippen molar-refractivity contribution in [3.63, 3.8) is 0 Å². The molecule has 0 bridgehead atoms. The van der Waals surface area contributed by atoms with E-state index in [2.05, 4.69) is 12.6 Å². The molecule has 70 valence electrons. The predicted molar refractivity (Wildman–Crippen MR) is 49.9 cm³/mol. The Bertz CT molecular complexity index is 340. The summed E-state index contributed by atoms with van der Waals surface area (Å²) in [5.41, 5.74) is 5.49. The maximum atomic E-state index is 10.5. The summed E-state index contributed by atoms with van der Waals surface area (Å²) in [5, 5.41) is 17.9. The van der Waals surface area contributed by atoms with E-state index in [0.717, 1.165) is 0 Å². The zero-order valence-electron chi connectivity index (χ0n) is 6.64. The fourth-order valence-corrected chi connectivity index (χ4v) is 1.12. The lowest BCUT2D eigenvalue weighted by Crippen LogP contribution is -2.20. The smallest absolute Gasteiger partial charge is 0.325 e. The summed E-state index contributed by atoms with van der Waals surface area (Å²) in [7, 11) is 0. The van der Waals surface area contributed by atoms with Gasteiger partial charge in [0.05, 0.1) is 0 Å². The molecule has 0 aliphatic rings. The first kappa shape index (κ1) is 9.88. The van der Waals surface area contributed by atoms with Gasteiger partial charge < -0.3 is 15.9 Å². The van der Waals surface area contributed by atoms with Crippen molar-refractivity contribution < 1.29 is 15.0 Å². The summed E-state index contributed by atoms with van der Waals surface area (Å²) < 4.78 is 0. The van der Waals surface area contributed by atoms with Crippen molar-refractivity contribution in [2.24, 2.45) is 5.73 Å². The van der Waals surface area contributed by atoms with Gasteiger partial charge in [-0.2, -0.15) is 0 Å². The van der Waals surface area contributed by atoms with Crippen molar-refractivity contribution in [3.05, 3.63) is 23.8 Å². The van der Waals surface area contributed by atoms with Gasteiger partial charge in [0.1, 0.15) is 11.8 Å². The van der Waals surface area contributed by atoms with Gasteiger partial charge in [-0.1, -0.05) is 6.07 Å². The number of hydrogen-bond acceptors (Lipinski definition) is 4. The van der Waals surface area contributed by atoms with Crippen molar-refractivity contribution in [2.75, 3.05) is 0 Å². The van der Waals surface area contributed by atoms with Gasteiger partial charge in [0.25, 0.3) is 0 Å². The SMILES string of the molecule is N[C@H](C(=O)O)c1ccc(S)cc1O. The molecule has 0 unspecified atom stereocenters. The lowest BCUT2D eigenvalue weighted by atomic mass is 10.1. The number of nitrogens with two attached hydrogens (primary N) is 1. The molecule has 4 nitrogen and oxygen atoms in total. The fourth-order valence-electron chi connectivity index (χ4n) is 0.928. The second-order valence-electron chi connectivity index (χ2n) is 2.56. The van der Waals surface area contributed by atoms with E-state index in [1.165, 1.54) is 12.1 Å². The van der Waals surface area contributed by atoms with Gasteiger partial charge in [0.2, 0.25) is 0 Å². The molecule has 1 aromatic carbocycles. The van der Waals surface area contributed by atoms with Gasteiger partial charge in [0, 0.05) is 10.5 Å². The van der Waals surface area contributed by atoms with Crippen LogP contribution in [0.15, 0.2) is 23.1 Å². The van der Waals surface area contributed by atoms with Gasteiger partial charge in [-0.15, -0.1) is 12.6 Å². The number of rotatable bonds is 2. The third-order valence-corrected chi connectivity index (χ3v) is 1.89. The molecule has 1 rings (SSSR count). The number of carboxylic acids is 1. The van der Waals surface area contributed by atoms with E-state index in [4.69, 9.17) is 10.8 Å². The highest BCUT2D eigenvalue weighted by molar-refractivity contribution is 7.80. The van der Waals surface area contributed by atoms with Gasteiger partial charge in [-0.25, -0.2) is 0 Å². The lowest BCUT2D eigenvalue weighted by molar-refractivity contribution is -0.138. The highest BCUT2D eigenvalue weighted by Gasteiger charge is 2.17. The number of carboxylic acid groups (broad SMARTS) is 1. The number of phenols is 1. The first-order valence-electron chi connectivity index (χ1n) is 3.52. The van der Waals surface area contributed by atoms with Crippen LogP contribution >= 0.6 is 12.6 Å². The average Bonchev–Trinajstić information content (AvgIpc) is 2.03. The Kier molecular flexibility index (Phi) is 2.79. The predicted octanol–water partition coefficient (Wildman–Crippen LogP) is 0.765. The number of benzene rings is 1. The van der Waals surface area contributed by atoms with Crippen LogP contribution in [0.4, 0.5) is 0 Å². The number of phenolic OH excluding ortho intramolecular Hbond substituents is 1. The molecule has 0 spiro atoms. The molecule has 0 aromatic heterocycles. The lowest BCUT2D eigenvalue weighted by Gasteiger charge is -2.08. The van der Waals surface area contributed by atoms with E-state index in [1.807, 2.05) is 0 Å². The minimum atomic E-state index is -1.20. The van der Waals surface area contributed by atoms with Crippen LogP contribution in [0.25, 0.3) is 0 Å². The van der Waals surface area contributed by atoms with Gasteiger partial charge in [-0.05, 0) is 12.1 Å². The third kappa shape index (κ3) is 2.13. The van der Waals surface area contributed by atoms with Gasteiger partial charge in [-0.3, -0.25) is 4.79 Å². The molecule has 0 heterocycles. The average molecular weight is 199 g/mol. The summed E-state index contributed by atoms with van der Waals surface area (Å²) in [6.07, 6.45) is 0. The Labute approximate surface area is 80.4 Å². The normalized spacial score (nSPS) is 12.5. The maximum absolute atomic E-state index is 10.5. The molecule has 0 aliphatic carbocycles. The Morgan fingerprint density at radius 1 is 1.54 bits per heavy atom. The van der Waals surface area contributed by atoms with E-state index in [-0.39, 0.29) is 11.3 Å². The van der Waals surface area contributed by atoms with Crippen molar-refractivity contribution in [2.45, 2.75) is 10.9 Å². The van der Waals surface area contributed by atoms with Gasteiger partial charge in [0.15, 0.2) is 0 Å². The van der Waals surface area contributed by atoms with E-state index < -0.39 is 12.0 Å². The Hall–Kier alpha value is -1.20. The van der Waals surface area contributed by atoms with Crippen LogP contribution in [0.2, 0.25) is 0 Å². The van der Waals surface area contributed by atoms with Crippen molar-refractivity contribution in [3.8, 4) is 5.75 Å². The molecule has 13 heavy (non-hydrogen) atoms. The van der Waals surface area contributed by atoms with Crippen LogP contribution in [0.1, 0.15) is 11.6 Å². The van der Waals surface area contributed by atoms with Crippen LogP contribution in [0, 0.1) is 0 Å². The standard InChI is InChI=1S/C8H9NO3S/c9-7(8(11)12)5-2-1-4(13)3-6(5)10/h1-3,7,10,13H,9H2,(H,11,12)/t7-/m0/s1. The molecular formula is C8H9NO3S. The van der Waals surface area contributed by atoms with Crippen molar-refractivity contribution in [1.82, 2.24) is 0 Å². The maximum Gasteiger partial charge on any atom is 0.325 e. The Morgan fingerprint density at radius 3 is 2.62 bits per heavy atom. The highest BCUT2D eigenvalue weighted by Crippen LogP contribution is 2.25. The second-order valence-corrected chi connectivity index (χ2v) is 3.08. The largest absolute Gasteiger partial charge is 0.508 e. The number of aromatic hydroxyl groups is 1. The molecule has 1 aromatic rings. The Balaban J connectivity index is 3.08. The molecule has 0 aliphatic heterocycles. The van der Waals surface area contributed by atoms with Crippen LogP contribution in [-0.2, 0) is 4.79 Å². The molecule has 0 amide bonds. The van der Waals surface area contributed by atoms with Crippen LogP contribution in [0.3, 0.4) is 0 Å². The summed E-state index contributed by atoms with van der Waals surface area (Å²) >= 11 is 3.97. The first-order chi connectivity index (χ1) is 6.02. The molecule has 5 heteroatoms. The molecule has 0 saturated carbocycles. The number of hydrogen-bond donors (Lipinski definition) is 4. The summed E-state index contributed by atoms with van der Waals surface area (Å²) in [6, 6.07) is 3.16.